The van der Waals surface area contributed by atoms with Crippen LogP contribution in [0.15, 0.2) is 0 Å². The van der Waals surface area contributed by atoms with Crippen molar-refractivity contribution in [3.8, 4) is 0 Å². The van der Waals surface area contributed by atoms with Gasteiger partial charge in [0.2, 0.25) is 0 Å². The number of rotatable bonds is 3. The maximum Gasteiger partial charge on any atom is 0.0462 e. The molecule has 0 aliphatic carbocycles. The highest BCUT2D eigenvalue weighted by atomic mass is 35.5. The highest BCUT2D eigenvalue weighted by Crippen LogP contribution is 1.83. The summed E-state index contributed by atoms with van der Waals surface area (Å²) < 4.78 is 4.78. The van der Waals surface area contributed by atoms with E-state index in [9.17, 15) is 0 Å². The minimum Gasteiger partial charge on any atom is -0.385 e. The first-order chi connectivity index (χ1) is 2.91. The van der Waals surface area contributed by atoms with Gasteiger partial charge in [0.15, 0.2) is 0 Å². The summed E-state index contributed by atoms with van der Waals surface area (Å²) in [5.74, 6) is 0. The van der Waals surface area contributed by atoms with Gasteiger partial charge >= 0.3 is 0 Å². The predicted octanol–water partition coefficient (Wildman–Crippen LogP) is 1.85. The molecule has 0 unspecified atom stereocenters. The molecule has 0 saturated heterocycles. The molecular weight excluding hydrogens is 112 g/mol. The number of hydrogen-bond acceptors (Lipinski definition) is 1. The van der Waals surface area contributed by atoms with Gasteiger partial charge < -0.3 is 4.74 Å². The molecule has 0 fully saturated rings. The quantitative estimate of drug-likeness (QED) is 0.522. The smallest absolute Gasteiger partial charge is 0.0462 e. The standard InChI is InChI=1S/C5H12O.ClH/c1-3-4-5-6-2;/h3-5H2,1-2H3;1H. The van der Waals surface area contributed by atoms with Crippen LogP contribution in [0.2, 0.25) is 0 Å². The van der Waals surface area contributed by atoms with Crippen LogP contribution < -0.4 is 0 Å². The van der Waals surface area contributed by atoms with Gasteiger partial charge in [-0.3, -0.25) is 0 Å². The van der Waals surface area contributed by atoms with Crippen LogP contribution in [-0.4, -0.2) is 13.7 Å². The maximum atomic E-state index is 4.78. The van der Waals surface area contributed by atoms with Crippen LogP contribution in [0.1, 0.15) is 19.8 Å². The van der Waals surface area contributed by atoms with Gasteiger partial charge in [-0.1, -0.05) is 13.3 Å². The molecule has 0 atom stereocenters. The summed E-state index contributed by atoms with van der Waals surface area (Å²) in [6.07, 6.45) is 2.42. The van der Waals surface area contributed by atoms with Gasteiger partial charge in [0.05, 0.1) is 0 Å². The number of hydrogen-bond donors (Lipinski definition) is 0. The van der Waals surface area contributed by atoms with Crippen molar-refractivity contribution in [1.29, 1.82) is 0 Å². The van der Waals surface area contributed by atoms with E-state index < -0.39 is 0 Å². The van der Waals surface area contributed by atoms with Crippen molar-refractivity contribution in [3.63, 3.8) is 0 Å². The molecule has 0 aromatic carbocycles. The third-order valence-electron chi connectivity index (χ3n) is 0.702. The average Bonchev–Trinajstić information content (AvgIpc) is 1.61. The molecular formula is C5H13ClO. The average molecular weight is 125 g/mol. The van der Waals surface area contributed by atoms with Crippen LogP contribution in [0.3, 0.4) is 0 Å². The predicted molar refractivity (Wildman–Crippen MR) is 34.0 cm³/mol. The molecule has 0 saturated carbocycles. The Morgan fingerprint density at radius 3 is 2.14 bits per heavy atom. The third-order valence-corrected chi connectivity index (χ3v) is 0.702. The Bertz CT molecular complexity index is 20.0. The van der Waals surface area contributed by atoms with E-state index in [4.69, 9.17) is 4.74 Å². The Balaban J connectivity index is 0. The van der Waals surface area contributed by atoms with E-state index in [0.717, 1.165) is 6.61 Å². The van der Waals surface area contributed by atoms with Gasteiger partial charge in [-0.25, -0.2) is 0 Å². The molecule has 0 heterocycles. The lowest BCUT2D eigenvalue weighted by Gasteiger charge is -1.89. The van der Waals surface area contributed by atoms with Crippen molar-refractivity contribution in [1.82, 2.24) is 0 Å². The molecule has 1 nitrogen and oxygen atoms in total. The van der Waals surface area contributed by atoms with E-state index in [1.165, 1.54) is 12.8 Å². The van der Waals surface area contributed by atoms with Crippen LogP contribution >= 0.6 is 12.4 Å². The van der Waals surface area contributed by atoms with E-state index >= 15 is 0 Å². The largest absolute Gasteiger partial charge is 0.385 e. The Morgan fingerprint density at radius 2 is 2.00 bits per heavy atom. The molecule has 0 bridgehead atoms. The van der Waals surface area contributed by atoms with Crippen molar-refractivity contribution < 1.29 is 4.74 Å². The van der Waals surface area contributed by atoms with E-state index in [-0.39, 0.29) is 12.4 Å². The van der Waals surface area contributed by atoms with Gasteiger partial charge in [0.25, 0.3) is 0 Å². The molecule has 0 rings (SSSR count). The van der Waals surface area contributed by atoms with E-state index in [2.05, 4.69) is 6.92 Å². The molecule has 0 spiro atoms. The molecule has 0 aliphatic rings. The van der Waals surface area contributed by atoms with E-state index in [1.54, 1.807) is 7.11 Å². The van der Waals surface area contributed by atoms with Crippen molar-refractivity contribution >= 4 is 12.4 Å². The SMILES string of the molecule is CCCCOC.Cl. The fourth-order valence-corrected chi connectivity index (χ4v) is 0.289. The van der Waals surface area contributed by atoms with Gasteiger partial charge in [-0.05, 0) is 6.42 Å². The molecule has 2 heteroatoms. The number of unbranched alkanes of at least 4 members (excludes halogenated alkanes) is 1. The summed E-state index contributed by atoms with van der Waals surface area (Å²) in [5, 5.41) is 0. The van der Waals surface area contributed by atoms with E-state index in [1.807, 2.05) is 0 Å². The maximum absolute atomic E-state index is 4.78. The van der Waals surface area contributed by atoms with Gasteiger partial charge in [-0.15, -0.1) is 12.4 Å². The lowest BCUT2D eigenvalue weighted by molar-refractivity contribution is 0.194. The second kappa shape index (κ2) is 9.54. The van der Waals surface area contributed by atoms with Crippen molar-refractivity contribution in [2.24, 2.45) is 0 Å². The summed E-state index contributed by atoms with van der Waals surface area (Å²) in [7, 11) is 1.73. The van der Waals surface area contributed by atoms with E-state index in [0.29, 0.717) is 0 Å². The second-order valence-corrected chi connectivity index (χ2v) is 1.35. The summed E-state index contributed by atoms with van der Waals surface area (Å²) >= 11 is 0. The Labute approximate surface area is 51.5 Å². The zero-order valence-corrected chi connectivity index (χ0v) is 5.75. The molecule has 0 aliphatic heterocycles. The fourth-order valence-electron chi connectivity index (χ4n) is 0.289. The lowest BCUT2D eigenvalue weighted by atomic mass is 10.4. The van der Waals surface area contributed by atoms with Crippen LogP contribution in [0.25, 0.3) is 0 Å². The van der Waals surface area contributed by atoms with Gasteiger partial charge in [-0.2, -0.15) is 0 Å². The Kier molecular flexibility index (Phi) is 14.0. The molecule has 0 amide bonds. The number of methoxy groups -OCH3 is 1. The number of ether oxygens (including phenoxy) is 1. The van der Waals surface area contributed by atoms with Gasteiger partial charge in [0.1, 0.15) is 0 Å². The summed E-state index contributed by atoms with van der Waals surface area (Å²) in [4.78, 5) is 0. The summed E-state index contributed by atoms with van der Waals surface area (Å²) in [6, 6.07) is 0. The normalized spacial score (nSPS) is 7.71. The summed E-state index contributed by atoms with van der Waals surface area (Å²) in [6.45, 7) is 3.07. The van der Waals surface area contributed by atoms with Crippen LogP contribution in [0.4, 0.5) is 0 Å². The first-order valence-electron chi connectivity index (χ1n) is 2.40. The fraction of sp³-hybridized carbons (Fsp3) is 1.00. The minimum atomic E-state index is 0. The zero-order valence-electron chi connectivity index (χ0n) is 4.94. The highest BCUT2D eigenvalue weighted by molar-refractivity contribution is 5.85. The Hall–Kier alpha value is 0.250. The van der Waals surface area contributed by atoms with Crippen molar-refractivity contribution in [2.45, 2.75) is 19.8 Å². The second-order valence-electron chi connectivity index (χ2n) is 1.35. The molecule has 7 heavy (non-hydrogen) atoms. The van der Waals surface area contributed by atoms with Gasteiger partial charge in [0, 0.05) is 13.7 Å². The Morgan fingerprint density at radius 1 is 1.43 bits per heavy atom. The van der Waals surface area contributed by atoms with Crippen molar-refractivity contribution in [2.75, 3.05) is 13.7 Å². The monoisotopic (exact) mass is 124 g/mol. The molecule has 46 valence electrons. The van der Waals surface area contributed by atoms with Crippen LogP contribution in [-0.2, 0) is 4.74 Å². The topological polar surface area (TPSA) is 9.23 Å². The molecule has 0 N–H and O–H groups in total. The van der Waals surface area contributed by atoms with Crippen LogP contribution in [0.5, 0.6) is 0 Å². The summed E-state index contributed by atoms with van der Waals surface area (Å²) in [5.41, 5.74) is 0. The number of halogens is 1. The highest BCUT2D eigenvalue weighted by Gasteiger charge is 1.74. The molecule has 0 aromatic heterocycles. The minimum absolute atomic E-state index is 0. The van der Waals surface area contributed by atoms with Crippen LogP contribution in [0, 0.1) is 0 Å². The first kappa shape index (κ1) is 10.3. The molecule has 0 aromatic rings. The third kappa shape index (κ3) is 10.7. The zero-order chi connectivity index (χ0) is 4.83. The molecule has 0 radical (unpaired) electrons. The lowest BCUT2D eigenvalue weighted by Crippen LogP contribution is -1.84. The van der Waals surface area contributed by atoms with Crippen molar-refractivity contribution in [3.05, 3.63) is 0 Å². The first-order valence-corrected chi connectivity index (χ1v) is 2.40.